The molecule has 0 saturated carbocycles. The normalized spacial score (nSPS) is 12.0. The highest BCUT2D eigenvalue weighted by molar-refractivity contribution is 7.11. The Balaban J connectivity index is 2.04. The summed E-state index contributed by atoms with van der Waals surface area (Å²) in [6.07, 6.45) is 1.55. The third-order valence-electron chi connectivity index (χ3n) is 3.18. The van der Waals surface area contributed by atoms with Crippen molar-refractivity contribution in [1.29, 1.82) is 0 Å². The van der Waals surface area contributed by atoms with Crippen LogP contribution >= 0.6 is 22.9 Å². The third kappa shape index (κ3) is 4.01. The van der Waals surface area contributed by atoms with Gasteiger partial charge < -0.3 is 5.11 Å². The molecule has 0 spiro atoms. The fraction of sp³-hybridized carbons (Fsp3) is 0.0588. The Labute approximate surface area is 152 Å². The van der Waals surface area contributed by atoms with Crippen LogP contribution in [-0.4, -0.2) is 26.9 Å². The van der Waals surface area contributed by atoms with Crippen LogP contribution in [0.2, 0.25) is 5.02 Å². The van der Waals surface area contributed by atoms with E-state index in [1.807, 2.05) is 12.1 Å². The van der Waals surface area contributed by atoms with E-state index in [2.05, 4.69) is 15.3 Å². The van der Waals surface area contributed by atoms with Crippen molar-refractivity contribution < 1.29 is 9.90 Å². The lowest BCUT2D eigenvalue weighted by Gasteiger charge is -2.02. The fourth-order valence-electron chi connectivity index (χ4n) is 1.97. The van der Waals surface area contributed by atoms with Gasteiger partial charge in [-0.1, -0.05) is 35.1 Å². The Kier molecular flexibility index (Phi) is 5.06. The standard InChI is InChI=1S/C17H13ClN4O2S/c1-11(23)16-21-22(15-5-3-2-4-14(15)18)17(25-16)20-19-10-12-6-8-13(24)9-7-12/h2-10,24H,1H3/b19-10-,20-17+. The highest BCUT2D eigenvalue weighted by Gasteiger charge is 2.12. The molecule has 0 aliphatic carbocycles. The van der Waals surface area contributed by atoms with E-state index in [0.717, 1.165) is 16.9 Å². The maximum atomic E-state index is 11.7. The minimum atomic E-state index is -0.158. The van der Waals surface area contributed by atoms with Gasteiger partial charge in [-0.05, 0) is 42.0 Å². The summed E-state index contributed by atoms with van der Waals surface area (Å²) in [6, 6.07) is 13.7. The molecule has 8 heteroatoms. The SMILES string of the molecule is CC(=O)c1nn(-c2ccccc2Cl)/c(=N\N=C/c2ccc(O)cc2)s1. The minimum Gasteiger partial charge on any atom is -0.508 e. The molecule has 0 amide bonds. The number of carbonyl (C=O) groups is 1. The van der Waals surface area contributed by atoms with Crippen LogP contribution < -0.4 is 4.80 Å². The van der Waals surface area contributed by atoms with Crippen molar-refractivity contribution in [2.24, 2.45) is 10.2 Å². The Bertz CT molecular complexity index is 1010. The number of aromatic hydroxyl groups is 1. The van der Waals surface area contributed by atoms with E-state index in [-0.39, 0.29) is 11.5 Å². The summed E-state index contributed by atoms with van der Waals surface area (Å²) < 4.78 is 1.50. The number of aromatic nitrogens is 2. The van der Waals surface area contributed by atoms with E-state index in [9.17, 15) is 9.90 Å². The molecule has 0 bridgehead atoms. The van der Waals surface area contributed by atoms with Crippen molar-refractivity contribution in [2.75, 3.05) is 0 Å². The second-order valence-corrected chi connectivity index (χ2v) is 6.41. The molecule has 0 unspecified atom stereocenters. The lowest BCUT2D eigenvalue weighted by Crippen LogP contribution is -2.14. The number of para-hydroxylation sites is 1. The lowest BCUT2D eigenvalue weighted by molar-refractivity contribution is 0.101. The van der Waals surface area contributed by atoms with E-state index in [0.29, 0.717) is 20.5 Å². The van der Waals surface area contributed by atoms with Gasteiger partial charge in [0.25, 0.3) is 0 Å². The van der Waals surface area contributed by atoms with Crippen molar-refractivity contribution in [3.8, 4) is 11.4 Å². The molecule has 1 aromatic heterocycles. The smallest absolute Gasteiger partial charge is 0.233 e. The molecule has 25 heavy (non-hydrogen) atoms. The largest absolute Gasteiger partial charge is 0.508 e. The van der Waals surface area contributed by atoms with Crippen LogP contribution in [0, 0.1) is 0 Å². The molecule has 0 atom stereocenters. The Hall–Kier alpha value is -2.77. The molecule has 3 aromatic rings. The molecule has 3 rings (SSSR count). The summed E-state index contributed by atoms with van der Waals surface area (Å²) in [4.78, 5) is 12.1. The highest BCUT2D eigenvalue weighted by atomic mass is 35.5. The first-order valence-corrected chi connectivity index (χ1v) is 8.46. The molecule has 1 heterocycles. The van der Waals surface area contributed by atoms with E-state index < -0.39 is 0 Å². The summed E-state index contributed by atoms with van der Waals surface area (Å²) in [5.74, 6) is 0.0222. The predicted octanol–water partition coefficient (Wildman–Crippen LogP) is 3.43. The summed E-state index contributed by atoms with van der Waals surface area (Å²) in [6.45, 7) is 1.44. The first-order chi connectivity index (χ1) is 12.0. The number of carbonyl (C=O) groups excluding carboxylic acids is 1. The zero-order valence-corrected chi connectivity index (χ0v) is 14.7. The molecular formula is C17H13ClN4O2S. The van der Waals surface area contributed by atoms with Gasteiger partial charge in [0.15, 0.2) is 10.8 Å². The molecule has 1 N–H and O–H groups in total. The van der Waals surface area contributed by atoms with Crippen molar-refractivity contribution in [2.45, 2.75) is 6.92 Å². The van der Waals surface area contributed by atoms with Crippen LogP contribution in [0.3, 0.4) is 0 Å². The number of phenolic OH excluding ortho intramolecular Hbond substituents is 1. The molecule has 2 aromatic carbocycles. The maximum absolute atomic E-state index is 11.7. The summed E-state index contributed by atoms with van der Waals surface area (Å²) >= 11 is 7.35. The van der Waals surface area contributed by atoms with Crippen molar-refractivity contribution in [3.05, 3.63) is 68.9 Å². The number of benzene rings is 2. The zero-order valence-electron chi connectivity index (χ0n) is 13.1. The number of hydrogen-bond acceptors (Lipinski definition) is 6. The van der Waals surface area contributed by atoms with Crippen LogP contribution in [0.25, 0.3) is 5.69 Å². The van der Waals surface area contributed by atoms with Gasteiger partial charge in [0, 0.05) is 6.92 Å². The van der Waals surface area contributed by atoms with Crippen molar-refractivity contribution in [3.63, 3.8) is 0 Å². The Morgan fingerprint density at radius 2 is 1.96 bits per heavy atom. The summed E-state index contributed by atoms with van der Waals surface area (Å²) in [5.41, 5.74) is 1.40. The number of ketones is 1. The van der Waals surface area contributed by atoms with Gasteiger partial charge in [-0.3, -0.25) is 4.79 Å². The van der Waals surface area contributed by atoms with Crippen LogP contribution in [0.15, 0.2) is 58.7 Å². The number of hydrogen-bond donors (Lipinski definition) is 1. The second kappa shape index (κ2) is 7.42. The fourth-order valence-corrected chi connectivity index (χ4v) is 2.94. The molecule has 6 nitrogen and oxygen atoms in total. The molecule has 0 aliphatic heterocycles. The van der Waals surface area contributed by atoms with Gasteiger partial charge in [-0.15, -0.1) is 5.10 Å². The van der Waals surface area contributed by atoms with Crippen molar-refractivity contribution >= 4 is 34.9 Å². The number of halogens is 1. The molecule has 0 fully saturated rings. The topological polar surface area (TPSA) is 79.8 Å². The number of nitrogens with zero attached hydrogens (tertiary/aromatic N) is 4. The monoisotopic (exact) mass is 372 g/mol. The minimum absolute atomic E-state index is 0.158. The van der Waals surface area contributed by atoms with E-state index in [1.54, 1.807) is 42.6 Å². The van der Waals surface area contributed by atoms with Gasteiger partial charge in [-0.25, -0.2) is 4.68 Å². The van der Waals surface area contributed by atoms with Gasteiger partial charge in [-0.2, -0.15) is 10.2 Å². The van der Waals surface area contributed by atoms with Gasteiger partial charge in [0.1, 0.15) is 5.75 Å². The Morgan fingerprint density at radius 1 is 1.24 bits per heavy atom. The zero-order chi connectivity index (χ0) is 17.8. The Morgan fingerprint density at radius 3 is 2.64 bits per heavy atom. The number of phenols is 1. The average molecular weight is 373 g/mol. The number of rotatable bonds is 4. The molecule has 0 saturated heterocycles. The van der Waals surface area contributed by atoms with E-state index in [4.69, 9.17) is 11.6 Å². The summed E-state index contributed by atoms with van der Waals surface area (Å²) in [5, 5.41) is 22.6. The van der Waals surface area contributed by atoms with E-state index >= 15 is 0 Å². The molecule has 0 radical (unpaired) electrons. The van der Waals surface area contributed by atoms with Gasteiger partial charge in [0.05, 0.1) is 16.9 Å². The number of Topliss-reactive ketones (excluding diaryl/α,β-unsaturated/α-hetero) is 1. The summed E-state index contributed by atoms with van der Waals surface area (Å²) in [7, 11) is 0. The molecular weight excluding hydrogens is 360 g/mol. The first kappa shape index (κ1) is 17.1. The maximum Gasteiger partial charge on any atom is 0.233 e. The van der Waals surface area contributed by atoms with Crippen molar-refractivity contribution in [1.82, 2.24) is 9.78 Å². The van der Waals surface area contributed by atoms with Crippen LogP contribution in [0.5, 0.6) is 5.75 Å². The highest BCUT2D eigenvalue weighted by Crippen LogP contribution is 2.18. The average Bonchev–Trinajstić information content (AvgIpc) is 3.01. The van der Waals surface area contributed by atoms with Crippen LogP contribution in [0.1, 0.15) is 22.3 Å². The predicted molar refractivity (Wildman–Crippen MR) is 97.7 cm³/mol. The second-order valence-electron chi connectivity index (χ2n) is 5.05. The van der Waals surface area contributed by atoms with Gasteiger partial charge in [0.2, 0.25) is 4.80 Å². The first-order valence-electron chi connectivity index (χ1n) is 7.26. The quantitative estimate of drug-likeness (QED) is 0.433. The molecule has 126 valence electrons. The van der Waals surface area contributed by atoms with Crippen LogP contribution in [-0.2, 0) is 0 Å². The lowest BCUT2D eigenvalue weighted by atomic mass is 10.2. The molecule has 0 aliphatic rings. The van der Waals surface area contributed by atoms with Crippen LogP contribution in [0.4, 0.5) is 0 Å². The van der Waals surface area contributed by atoms with Gasteiger partial charge >= 0.3 is 0 Å². The third-order valence-corrected chi connectivity index (χ3v) is 4.50. The van der Waals surface area contributed by atoms with E-state index in [1.165, 1.54) is 11.6 Å².